The van der Waals surface area contributed by atoms with E-state index >= 15 is 0 Å². The minimum atomic E-state index is -0.699. The molecular weight excluding hydrogens is 978 g/mol. The molecule has 7 N–H and O–H groups in total. The second kappa shape index (κ2) is 32.8. The van der Waals surface area contributed by atoms with E-state index in [0.29, 0.717) is 13.0 Å². The van der Waals surface area contributed by atoms with Crippen molar-refractivity contribution in [3.05, 3.63) is 28.4 Å². The minimum absolute atomic E-state index is 0. The summed E-state index contributed by atoms with van der Waals surface area (Å²) in [5, 5.41) is 26.9. The van der Waals surface area contributed by atoms with Gasteiger partial charge < -0.3 is 55.2 Å². The molecule has 0 radical (unpaired) electrons. The van der Waals surface area contributed by atoms with Gasteiger partial charge in [-0.05, 0) is 6.42 Å². The molecule has 0 aliphatic carbocycles. The van der Waals surface area contributed by atoms with Crippen LogP contribution in [0.15, 0.2) is 0 Å². The summed E-state index contributed by atoms with van der Waals surface area (Å²) in [6.07, 6.45) is -1.01. The van der Waals surface area contributed by atoms with Gasteiger partial charge in [0.05, 0.1) is 44.7 Å². The number of nitrogens with two attached hydrogens (primary N) is 2. The van der Waals surface area contributed by atoms with Crippen LogP contribution in [0.2, 0.25) is 0 Å². The molecule has 0 bridgehead atoms. The number of hydrogen-bond donors (Lipinski definition) is 5. The summed E-state index contributed by atoms with van der Waals surface area (Å²) in [4.78, 5) is 20.4. The van der Waals surface area contributed by atoms with Gasteiger partial charge in [0, 0.05) is 39.3 Å². The zero-order valence-corrected chi connectivity index (χ0v) is 33.3. The van der Waals surface area contributed by atoms with Gasteiger partial charge in [-0.15, -0.1) is 0 Å². The van der Waals surface area contributed by atoms with Gasteiger partial charge in [-0.3, -0.25) is 9.59 Å². The molecule has 0 aliphatic heterocycles. The molecule has 0 fully saturated rings. The van der Waals surface area contributed by atoms with E-state index in [1.165, 1.54) is 0 Å². The van der Waals surface area contributed by atoms with Crippen molar-refractivity contribution in [3.8, 4) is 0 Å². The number of primary amides is 2. The number of rotatable bonds is 19. The third-order valence-electron chi connectivity index (χ3n) is 3.13. The Kier molecular flexibility index (Phi) is 39.1. The first kappa shape index (κ1) is 41.8. The van der Waals surface area contributed by atoms with E-state index in [2.05, 4.69) is 47.4 Å². The molecule has 15 heteroatoms. The topological polar surface area (TPSA) is 202 Å². The maximum absolute atomic E-state index is 10.2. The predicted molar refractivity (Wildman–Crippen MR) is 117 cm³/mol. The Labute approximate surface area is 196 Å². The molecule has 35 heavy (non-hydrogen) atoms. The van der Waals surface area contributed by atoms with Crippen LogP contribution in [0.1, 0.15) is 19.3 Å². The van der Waals surface area contributed by atoms with Gasteiger partial charge >= 0.3 is 0 Å². The van der Waals surface area contributed by atoms with E-state index in [9.17, 15) is 9.59 Å². The normalized spacial score (nSPS) is 12.3. The van der Waals surface area contributed by atoms with Gasteiger partial charge in [-0.1, -0.05) is 0 Å². The smallest absolute Gasteiger partial charge is 0.219 e. The third kappa shape index (κ3) is 44.9. The van der Waals surface area contributed by atoms with E-state index in [4.69, 9.17) is 36.3 Å². The Morgan fingerprint density at radius 1 is 0.600 bits per heavy atom. The van der Waals surface area contributed by atoms with Crippen molar-refractivity contribution in [1.82, 2.24) is 0 Å². The first-order valence-electron chi connectivity index (χ1n) is 9.88. The Morgan fingerprint density at radius 2 is 0.943 bits per heavy atom. The standard InChI is InChI=1S/2C7H14NO4.C6H12O3.2Rf/c2*1-11-4-6(9)5-12-3-2-7(8)10;1-8-4-3-6(7)5-9-2;;/h2*6,9H,1-5H2,(H2,8,10);6-7H,1-5H2;;/q2*-1;-2;;. The van der Waals surface area contributed by atoms with E-state index in [0.717, 1.165) is 0 Å². The molecule has 0 aliphatic rings. The zero-order chi connectivity index (χ0) is 25.9. The molecule has 0 heterocycles. The maximum atomic E-state index is 10.2. The number of aliphatic hydroxyl groups excluding tert-OH is 3. The van der Waals surface area contributed by atoms with Crippen molar-refractivity contribution in [2.24, 2.45) is 11.5 Å². The van der Waals surface area contributed by atoms with E-state index in [1.807, 2.05) is 0 Å². The van der Waals surface area contributed by atoms with E-state index in [-0.39, 0.29) is 59.1 Å². The molecule has 2 amide bonds. The Balaban J connectivity index is -0.000000126. The first-order valence-corrected chi connectivity index (χ1v) is 9.88. The van der Waals surface area contributed by atoms with Crippen LogP contribution in [0, 0.1) is 28.4 Å². The van der Waals surface area contributed by atoms with Crippen molar-refractivity contribution in [2.75, 3.05) is 52.9 Å². The molecule has 13 nitrogen and oxygen atoms in total. The van der Waals surface area contributed by atoms with E-state index < -0.39 is 30.1 Å². The summed E-state index contributed by atoms with van der Waals surface area (Å²) in [6.45, 7) is 1.65. The second-order valence-electron chi connectivity index (χ2n) is 6.35. The summed E-state index contributed by atoms with van der Waals surface area (Å²) in [7, 11) is 12.5. The second-order valence-corrected chi connectivity index (χ2v) is 6.35. The maximum Gasteiger partial charge on any atom is 0.219 e. The number of hydrogen-bond acceptors (Lipinski definition) is 11. The van der Waals surface area contributed by atoms with Crippen LogP contribution >= 0.6 is 0 Å². The number of carbonyl (C=O) groups excluding carboxylic acids is 2. The van der Waals surface area contributed by atoms with Crippen molar-refractivity contribution in [3.63, 3.8) is 0 Å². The molecular formula is C20H40N2O11Rf2-4. The summed E-state index contributed by atoms with van der Waals surface area (Å²) in [5.74, 6) is -0.837. The Hall–Kier alpha value is -3.42. The first-order chi connectivity index (χ1) is 15.6. The SMILES string of the molecule is [CH2-]OCC(O)COCCC(N)=O.[CH2-]OCC(O)COCCC(N)=O.[CH2-]OCCC(O)CO[CH2-].[Rf].[Rf]. The van der Waals surface area contributed by atoms with Crippen LogP contribution in [-0.4, -0.2) is 98.3 Å². The monoisotopic (exact) mass is 1020 g/mol. The predicted octanol–water partition coefficient (Wildman–Crippen LogP) is -1.55. The van der Waals surface area contributed by atoms with Crippen LogP contribution in [0.3, 0.4) is 0 Å². The third-order valence-corrected chi connectivity index (χ3v) is 3.13. The molecule has 0 aromatic heterocycles. The average molecular weight is 1020 g/mol. The van der Waals surface area contributed by atoms with Gasteiger partial charge in [-0.25, -0.2) is 28.4 Å². The summed E-state index contributed by atoms with van der Waals surface area (Å²) in [6, 6.07) is 0. The molecule has 3 unspecified atom stereocenters. The summed E-state index contributed by atoms with van der Waals surface area (Å²) in [5.41, 5.74) is 9.70. The fourth-order valence-corrected chi connectivity index (χ4v) is 1.59. The van der Waals surface area contributed by atoms with Gasteiger partial charge in [0.1, 0.15) is 0 Å². The largest absolute Gasteiger partial charge is 0.555 e. The van der Waals surface area contributed by atoms with Gasteiger partial charge in [0.25, 0.3) is 0 Å². The van der Waals surface area contributed by atoms with E-state index in [1.54, 1.807) is 0 Å². The Bertz CT molecular complexity index is 412. The Morgan fingerprint density at radius 3 is 1.23 bits per heavy atom. The van der Waals surface area contributed by atoms with Crippen molar-refractivity contribution in [1.29, 1.82) is 0 Å². The quantitative estimate of drug-likeness (QED) is 0.0742. The summed E-state index contributed by atoms with van der Waals surface area (Å²) >= 11 is 0. The van der Waals surface area contributed by atoms with Crippen molar-refractivity contribution >= 4 is 11.8 Å². The van der Waals surface area contributed by atoms with Crippen LogP contribution in [-0.2, 0) is 38.0 Å². The number of amides is 2. The number of carbonyl (C=O) groups is 2. The van der Waals surface area contributed by atoms with Crippen LogP contribution in [0.4, 0.5) is 0 Å². The fourth-order valence-electron chi connectivity index (χ4n) is 1.59. The molecule has 0 aromatic carbocycles. The van der Waals surface area contributed by atoms with Crippen LogP contribution in [0.25, 0.3) is 0 Å². The minimum Gasteiger partial charge on any atom is -0.555 e. The summed E-state index contributed by atoms with van der Waals surface area (Å²) < 4.78 is 27.5. The molecule has 0 saturated heterocycles. The fraction of sp³-hybridized carbons (Fsp3) is 0.700. The molecule has 0 spiro atoms. The molecule has 0 aromatic rings. The number of ether oxygens (including phenoxy) is 6. The van der Waals surface area contributed by atoms with Crippen molar-refractivity contribution < 1.29 is 53.3 Å². The van der Waals surface area contributed by atoms with Crippen LogP contribution in [0.5, 0.6) is 0 Å². The van der Waals surface area contributed by atoms with Crippen molar-refractivity contribution in [2.45, 2.75) is 37.6 Å². The molecule has 0 saturated carbocycles. The van der Waals surface area contributed by atoms with Gasteiger partial charge in [0.15, 0.2) is 0 Å². The zero-order valence-electron chi connectivity index (χ0n) is 20.5. The number of aliphatic hydroxyl groups is 3. The molecule has 3 atom stereocenters. The molecule has 204 valence electrons. The average Bonchev–Trinajstić information content (AvgIpc) is 2.74. The van der Waals surface area contributed by atoms with Gasteiger partial charge in [0.2, 0.25) is 11.8 Å². The molecule has 0 rings (SSSR count). The van der Waals surface area contributed by atoms with Gasteiger partial charge in [-0.2, -0.15) is 0 Å². The van der Waals surface area contributed by atoms with Crippen LogP contribution < -0.4 is 11.5 Å².